The van der Waals surface area contributed by atoms with E-state index in [0.717, 1.165) is 12.0 Å². The van der Waals surface area contributed by atoms with Crippen LogP contribution in [-0.2, 0) is 6.42 Å². The van der Waals surface area contributed by atoms with Crippen LogP contribution >= 0.6 is 0 Å². The zero-order valence-corrected chi connectivity index (χ0v) is 14.2. The largest absolute Gasteiger partial charge is 0.507 e. The third-order valence-electron chi connectivity index (χ3n) is 4.55. The molecule has 2 aromatic carbocycles. The lowest BCUT2D eigenvalue weighted by Gasteiger charge is -2.02. The highest BCUT2D eigenvalue weighted by Crippen LogP contribution is 2.36. The van der Waals surface area contributed by atoms with Gasteiger partial charge in [0.1, 0.15) is 17.1 Å². The first-order valence-corrected chi connectivity index (χ1v) is 8.30. The first-order valence-electron chi connectivity index (χ1n) is 8.30. The van der Waals surface area contributed by atoms with Crippen molar-refractivity contribution in [1.29, 1.82) is 0 Å². The van der Waals surface area contributed by atoms with Crippen LogP contribution in [0.4, 0.5) is 0 Å². The molecule has 128 valence electrons. The van der Waals surface area contributed by atoms with Gasteiger partial charge in [-0.2, -0.15) is 0 Å². The second-order valence-corrected chi connectivity index (χ2v) is 6.35. The molecule has 1 aliphatic carbocycles. The molecule has 0 fully saturated rings. The predicted octanol–water partition coefficient (Wildman–Crippen LogP) is 4.12. The van der Waals surface area contributed by atoms with Crippen LogP contribution in [0.3, 0.4) is 0 Å². The second-order valence-electron chi connectivity index (χ2n) is 6.35. The molecule has 0 atom stereocenters. The fourth-order valence-corrected chi connectivity index (χ4v) is 3.35. The molecule has 0 spiro atoms. The Balaban J connectivity index is 1.62. The van der Waals surface area contributed by atoms with Crippen molar-refractivity contribution in [3.63, 3.8) is 0 Å². The van der Waals surface area contributed by atoms with Crippen molar-refractivity contribution in [1.82, 2.24) is 0 Å². The van der Waals surface area contributed by atoms with Crippen molar-refractivity contribution in [2.45, 2.75) is 13.3 Å². The minimum Gasteiger partial charge on any atom is -0.507 e. The number of benzene rings is 2. The van der Waals surface area contributed by atoms with Crippen molar-refractivity contribution in [3.8, 4) is 16.9 Å². The lowest BCUT2D eigenvalue weighted by Crippen LogP contribution is -2.12. The number of aryl methyl sites for hydroxylation is 1. The Morgan fingerprint density at radius 2 is 1.85 bits per heavy atom. The van der Waals surface area contributed by atoms with E-state index in [2.05, 4.69) is 12.1 Å². The average Bonchev–Trinajstić information content (AvgIpc) is 2.96. The molecule has 3 aromatic rings. The molecule has 0 unspecified atom stereocenters. The highest BCUT2D eigenvalue weighted by atomic mass is 16.4. The van der Waals surface area contributed by atoms with E-state index in [1.165, 1.54) is 41.3 Å². The van der Waals surface area contributed by atoms with Crippen molar-refractivity contribution in [3.05, 3.63) is 93.0 Å². The smallest absolute Gasteiger partial charge is 0.351 e. The molecule has 4 rings (SSSR count). The van der Waals surface area contributed by atoms with Crippen LogP contribution in [0.25, 0.3) is 17.2 Å². The standard InChI is InChI=1S/C22H16O4/c1-13-10-20(24)21(22(25)26-13)19(23)9-7-14-6-8-18-16(11-14)12-15-4-2-3-5-17(15)18/h2-11,24H,12H2,1H3. The van der Waals surface area contributed by atoms with Crippen molar-refractivity contribution in [2.75, 3.05) is 0 Å². The molecule has 4 heteroatoms. The van der Waals surface area contributed by atoms with Gasteiger partial charge in [0.25, 0.3) is 0 Å². The molecule has 0 aliphatic heterocycles. The number of hydrogen-bond acceptors (Lipinski definition) is 4. The fourth-order valence-electron chi connectivity index (χ4n) is 3.35. The Labute approximate surface area is 150 Å². The topological polar surface area (TPSA) is 67.5 Å². The Hall–Kier alpha value is -3.40. The normalized spacial score (nSPS) is 12.2. The van der Waals surface area contributed by atoms with Gasteiger partial charge >= 0.3 is 5.63 Å². The molecule has 1 aliphatic rings. The van der Waals surface area contributed by atoms with Crippen LogP contribution in [0.2, 0.25) is 0 Å². The van der Waals surface area contributed by atoms with Crippen LogP contribution in [-0.4, -0.2) is 10.9 Å². The predicted molar refractivity (Wildman–Crippen MR) is 99.4 cm³/mol. The van der Waals surface area contributed by atoms with Crippen molar-refractivity contribution < 1.29 is 14.3 Å². The summed E-state index contributed by atoms with van der Waals surface area (Å²) in [6.45, 7) is 1.54. The Morgan fingerprint density at radius 1 is 1.08 bits per heavy atom. The van der Waals surface area contributed by atoms with E-state index in [4.69, 9.17) is 4.42 Å². The molecule has 1 aromatic heterocycles. The number of rotatable bonds is 3. The van der Waals surface area contributed by atoms with Gasteiger partial charge in [0.2, 0.25) is 0 Å². The molecular formula is C22H16O4. The summed E-state index contributed by atoms with van der Waals surface area (Å²) in [7, 11) is 0. The lowest BCUT2D eigenvalue weighted by atomic mass is 10.0. The number of aromatic hydroxyl groups is 1. The van der Waals surface area contributed by atoms with E-state index < -0.39 is 11.4 Å². The first kappa shape index (κ1) is 16.1. The summed E-state index contributed by atoms with van der Waals surface area (Å²) in [5.41, 5.74) is 4.64. The number of carbonyl (C=O) groups is 1. The Morgan fingerprint density at radius 3 is 2.65 bits per heavy atom. The van der Waals surface area contributed by atoms with Crippen LogP contribution in [0.15, 0.2) is 63.8 Å². The van der Waals surface area contributed by atoms with Gasteiger partial charge in [0.05, 0.1) is 0 Å². The van der Waals surface area contributed by atoms with Gasteiger partial charge in [-0.05, 0) is 47.2 Å². The number of carbonyl (C=O) groups excluding carboxylic acids is 1. The SMILES string of the molecule is Cc1cc(O)c(C(=O)C=Cc2ccc3c(c2)Cc2ccccc2-3)c(=O)o1. The van der Waals surface area contributed by atoms with Crippen molar-refractivity contribution >= 4 is 11.9 Å². The van der Waals surface area contributed by atoms with Gasteiger partial charge in [-0.15, -0.1) is 0 Å². The average molecular weight is 344 g/mol. The summed E-state index contributed by atoms with van der Waals surface area (Å²) >= 11 is 0. The van der Waals surface area contributed by atoms with Gasteiger partial charge in [-0.1, -0.05) is 48.5 Å². The molecular weight excluding hydrogens is 328 g/mol. The summed E-state index contributed by atoms with van der Waals surface area (Å²) in [5.74, 6) is -0.691. The van der Waals surface area contributed by atoms with Gasteiger partial charge in [0, 0.05) is 6.07 Å². The third kappa shape index (κ3) is 2.75. The fraction of sp³-hybridized carbons (Fsp3) is 0.0909. The molecule has 26 heavy (non-hydrogen) atoms. The molecule has 1 heterocycles. The molecule has 4 nitrogen and oxygen atoms in total. The highest BCUT2D eigenvalue weighted by Gasteiger charge is 2.18. The maximum atomic E-state index is 12.3. The molecule has 0 saturated carbocycles. The van der Waals surface area contributed by atoms with Gasteiger partial charge in [-0.3, -0.25) is 4.79 Å². The summed E-state index contributed by atoms with van der Waals surface area (Å²) in [5, 5.41) is 9.85. The van der Waals surface area contributed by atoms with Crippen LogP contribution < -0.4 is 5.63 Å². The Bertz CT molecular complexity index is 1120. The van der Waals surface area contributed by atoms with Crippen LogP contribution in [0.5, 0.6) is 5.75 Å². The minimum absolute atomic E-state index is 0.256. The number of hydrogen-bond donors (Lipinski definition) is 1. The quantitative estimate of drug-likeness (QED) is 0.448. The van der Waals surface area contributed by atoms with Crippen LogP contribution in [0.1, 0.15) is 32.8 Å². The van der Waals surface area contributed by atoms with E-state index in [1.54, 1.807) is 6.08 Å². The summed E-state index contributed by atoms with van der Waals surface area (Å²) in [4.78, 5) is 24.1. The van der Waals surface area contributed by atoms with Crippen molar-refractivity contribution in [2.24, 2.45) is 0 Å². The minimum atomic E-state index is -0.832. The molecule has 0 saturated heterocycles. The molecule has 0 radical (unpaired) electrons. The number of allylic oxidation sites excluding steroid dienone is 1. The first-order chi connectivity index (χ1) is 12.5. The van der Waals surface area contributed by atoms with E-state index in [1.807, 2.05) is 30.3 Å². The van der Waals surface area contributed by atoms with Gasteiger partial charge in [-0.25, -0.2) is 4.79 Å². The van der Waals surface area contributed by atoms with Crippen LogP contribution in [0, 0.1) is 6.92 Å². The summed E-state index contributed by atoms with van der Waals surface area (Å²) in [6, 6.07) is 15.6. The number of ketones is 1. The maximum Gasteiger partial charge on any atom is 0.351 e. The summed E-state index contributed by atoms with van der Waals surface area (Å²) in [6.07, 6.45) is 3.79. The maximum absolute atomic E-state index is 12.3. The summed E-state index contributed by atoms with van der Waals surface area (Å²) < 4.78 is 4.89. The van der Waals surface area contributed by atoms with E-state index >= 15 is 0 Å². The molecule has 0 amide bonds. The van der Waals surface area contributed by atoms with E-state index in [-0.39, 0.29) is 17.1 Å². The zero-order chi connectivity index (χ0) is 18.3. The monoisotopic (exact) mass is 344 g/mol. The second kappa shape index (κ2) is 6.15. The highest BCUT2D eigenvalue weighted by molar-refractivity contribution is 6.08. The number of fused-ring (bicyclic) bond motifs is 3. The Kier molecular flexibility index (Phi) is 3.81. The molecule has 0 bridgehead atoms. The van der Waals surface area contributed by atoms with E-state index in [9.17, 15) is 14.7 Å². The molecule has 1 N–H and O–H groups in total. The van der Waals surface area contributed by atoms with Gasteiger partial charge in [0.15, 0.2) is 5.78 Å². The lowest BCUT2D eigenvalue weighted by molar-refractivity contribution is 0.104. The van der Waals surface area contributed by atoms with E-state index in [0.29, 0.717) is 0 Å². The zero-order valence-electron chi connectivity index (χ0n) is 14.2. The van der Waals surface area contributed by atoms with Gasteiger partial charge < -0.3 is 9.52 Å². The third-order valence-corrected chi connectivity index (χ3v) is 4.55.